The Bertz CT molecular complexity index is 833. The summed E-state index contributed by atoms with van der Waals surface area (Å²) in [5.41, 5.74) is 3.19. The summed E-state index contributed by atoms with van der Waals surface area (Å²) < 4.78 is 5.39. The van der Waals surface area contributed by atoms with Crippen molar-refractivity contribution in [1.82, 2.24) is 29.1 Å². The van der Waals surface area contributed by atoms with Crippen LogP contribution in [0.2, 0.25) is 0 Å². The highest BCUT2D eigenvalue weighted by Crippen LogP contribution is 2.13. The summed E-state index contributed by atoms with van der Waals surface area (Å²) in [5.74, 6) is 0. The van der Waals surface area contributed by atoms with Crippen LogP contribution in [0.25, 0.3) is 5.65 Å². The summed E-state index contributed by atoms with van der Waals surface area (Å²) in [4.78, 5) is 19.8. The van der Waals surface area contributed by atoms with Crippen LogP contribution in [0.1, 0.15) is 22.0 Å². The highest BCUT2D eigenvalue weighted by Gasteiger charge is 2.10. The van der Waals surface area contributed by atoms with Gasteiger partial charge in [-0.2, -0.15) is 0 Å². The molecule has 3 rings (SSSR count). The van der Waals surface area contributed by atoms with Crippen molar-refractivity contribution in [2.24, 2.45) is 0 Å². The second kappa shape index (κ2) is 5.38. The number of hydrogen-bond donors (Lipinski definition) is 1. The Morgan fingerprint density at radius 2 is 2.14 bits per heavy atom. The van der Waals surface area contributed by atoms with Crippen LogP contribution in [0.4, 0.5) is 0 Å². The number of aryl methyl sites for hydroxylation is 2. The summed E-state index contributed by atoms with van der Waals surface area (Å²) in [5, 5.41) is 6.97. The second-order valence-electron chi connectivity index (χ2n) is 5.17. The van der Waals surface area contributed by atoms with Gasteiger partial charge in [-0.1, -0.05) is 4.49 Å². The van der Waals surface area contributed by atoms with E-state index in [1.807, 2.05) is 27.0 Å². The zero-order valence-electron chi connectivity index (χ0n) is 12.1. The minimum Gasteiger partial charge on any atom is -0.295 e. The van der Waals surface area contributed by atoms with Crippen LogP contribution in [0.5, 0.6) is 0 Å². The maximum Gasteiger partial charge on any atom is 0.272 e. The van der Waals surface area contributed by atoms with E-state index in [0.717, 1.165) is 28.5 Å². The largest absolute Gasteiger partial charge is 0.295 e. The summed E-state index contributed by atoms with van der Waals surface area (Å²) in [6, 6.07) is 3.43. The molecule has 0 spiro atoms. The number of aromatic nitrogens is 5. The third-order valence-electron chi connectivity index (χ3n) is 3.22. The molecule has 8 heteroatoms. The fraction of sp³-hybridized carbons (Fsp3) is 0.385. The van der Waals surface area contributed by atoms with E-state index in [1.165, 1.54) is 16.0 Å². The van der Waals surface area contributed by atoms with Gasteiger partial charge in [0.05, 0.1) is 16.3 Å². The maximum atomic E-state index is 12.0. The Morgan fingerprint density at radius 1 is 1.33 bits per heavy atom. The van der Waals surface area contributed by atoms with Gasteiger partial charge in [-0.05, 0) is 32.4 Å². The number of nitrogens with one attached hydrogen (secondary N) is 1. The molecular weight excluding hydrogens is 288 g/mol. The summed E-state index contributed by atoms with van der Waals surface area (Å²) >= 11 is 1.40. The van der Waals surface area contributed by atoms with Crippen LogP contribution in [-0.2, 0) is 13.1 Å². The summed E-state index contributed by atoms with van der Waals surface area (Å²) in [6.45, 7) is 5.20. The van der Waals surface area contributed by atoms with Gasteiger partial charge in [0, 0.05) is 30.9 Å². The first-order valence-corrected chi connectivity index (χ1v) is 7.35. The van der Waals surface area contributed by atoms with Gasteiger partial charge in [-0.25, -0.2) is 9.50 Å². The number of H-pyrrole nitrogens is 1. The molecule has 0 atom stereocenters. The number of hydrogen-bond acceptors (Lipinski definition) is 6. The Labute approximate surface area is 125 Å². The molecule has 3 aromatic rings. The van der Waals surface area contributed by atoms with E-state index in [0.29, 0.717) is 12.2 Å². The lowest BCUT2D eigenvalue weighted by molar-refractivity contribution is 0.317. The smallest absolute Gasteiger partial charge is 0.272 e. The maximum absolute atomic E-state index is 12.0. The average molecular weight is 304 g/mol. The Balaban J connectivity index is 1.81. The average Bonchev–Trinajstić information content (AvgIpc) is 2.96. The molecule has 1 N–H and O–H groups in total. The van der Waals surface area contributed by atoms with Gasteiger partial charge in [-0.15, -0.1) is 5.10 Å². The highest BCUT2D eigenvalue weighted by molar-refractivity contribution is 7.05. The Hall–Kier alpha value is -2.06. The molecule has 3 aromatic heterocycles. The molecule has 0 aliphatic rings. The number of rotatable bonds is 4. The van der Waals surface area contributed by atoms with Crippen LogP contribution < -0.4 is 5.56 Å². The quantitative estimate of drug-likeness (QED) is 0.781. The van der Waals surface area contributed by atoms with Gasteiger partial charge in [0.2, 0.25) is 0 Å². The topological polar surface area (TPSA) is 79.2 Å². The van der Waals surface area contributed by atoms with Gasteiger partial charge in [0.25, 0.3) is 5.56 Å². The molecule has 0 radical (unpaired) electrons. The van der Waals surface area contributed by atoms with Gasteiger partial charge < -0.3 is 0 Å². The van der Waals surface area contributed by atoms with Crippen molar-refractivity contribution in [2.75, 3.05) is 7.05 Å². The molecule has 21 heavy (non-hydrogen) atoms. The van der Waals surface area contributed by atoms with Crippen molar-refractivity contribution >= 4 is 17.2 Å². The van der Waals surface area contributed by atoms with Gasteiger partial charge in [0.1, 0.15) is 0 Å². The molecule has 3 heterocycles. The molecule has 0 saturated carbocycles. The van der Waals surface area contributed by atoms with Gasteiger partial charge >= 0.3 is 0 Å². The Kier molecular flexibility index (Phi) is 3.56. The van der Waals surface area contributed by atoms with Crippen LogP contribution in [-0.4, -0.2) is 36.1 Å². The molecule has 7 nitrogen and oxygen atoms in total. The van der Waals surface area contributed by atoms with Crippen LogP contribution in [0, 0.1) is 13.8 Å². The summed E-state index contributed by atoms with van der Waals surface area (Å²) in [6.07, 6.45) is 0. The van der Waals surface area contributed by atoms with Gasteiger partial charge in [0.15, 0.2) is 5.65 Å². The predicted octanol–water partition coefficient (Wildman–Crippen LogP) is 1.12. The highest BCUT2D eigenvalue weighted by atomic mass is 32.1. The number of fused-ring (bicyclic) bond motifs is 1. The SMILES string of the molecule is Cc1cc2nc(CN(C)Cc3snnc3C)cc(=O)n2[nH]1. The molecular formula is C13H16N6OS. The molecule has 110 valence electrons. The molecule has 0 saturated heterocycles. The van der Waals surface area contributed by atoms with Crippen LogP contribution in [0.3, 0.4) is 0 Å². The minimum absolute atomic E-state index is 0.0906. The van der Waals surface area contributed by atoms with Crippen molar-refractivity contribution in [2.45, 2.75) is 26.9 Å². The van der Waals surface area contributed by atoms with Crippen LogP contribution >= 0.6 is 11.5 Å². The first-order chi connectivity index (χ1) is 10.0. The van der Waals surface area contributed by atoms with E-state index in [2.05, 4.69) is 24.6 Å². The Morgan fingerprint density at radius 3 is 2.86 bits per heavy atom. The molecule has 0 fully saturated rings. The second-order valence-corrected chi connectivity index (χ2v) is 6.01. The molecule has 0 aliphatic heterocycles. The number of nitrogens with zero attached hydrogens (tertiary/aromatic N) is 5. The van der Waals surface area contributed by atoms with Crippen LogP contribution in [0.15, 0.2) is 16.9 Å². The summed E-state index contributed by atoms with van der Waals surface area (Å²) in [7, 11) is 1.99. The fourth-order valence-electron chi connectivity index (χ4n) is 2.22. The van der Waals surface area contributed by atoms with E-state index in [-0.39, 0.29) is 5.56 Å². The molecule has 0 unspecified atom stereocenters. The lowest BCUT2D eigenvalue weighted by atomic mass is 10.3. The molecule has 0 aliphatic carbocycles. The van der Waals surface area contributed by atoms with E-state index >= 15 is 0 Å². The first kappa shape index (κ1) is 13.9. The third-order valence-corrected chi connectivity index (χ3v) is 4.03. The van der Waals surface area contributed by atoms with Crippen molar-refractivity contribution in [3.8, 4) is 0 Å². The monoisotopic (exact) mass is 304 g/mol. The normalized spacial score (nSPS) is 11.6. The van der Waals surface area contributed by atoms with E-state index < -0.39 is 0 Å². The standard InChI is InChI=1S/C13H16N6OS/c1-8-4-12-14-10(5-13(20)19(12)16-8)6-18(3)7-11-9(2)15-17-21-11/h4-5,16H,6-7H2,1-3H3. The van der Waals surface area contributed by atoms with E-state index in [9.17, 15) is 4.79 Å². The molecule has 0 aromatic carbocycles. The van der Waals surface area contributed by atoms with Crippen molar-refractivity contribution in [3.63, 3.8) is 0 Å². The zero-order valence-corrected chi connectivity index (χ0v) is 12.9. The number of aromatic amines is 1. The fourth-order valence-corrected chi connectivity index (χ4v) is 2.93. The zero-order chi connectivity index (χ0) is 15.0. The first-order valence-electron chi connectivity index (χ1n) is 6.57. The van der Waals surface area contributed by atoms with E-state index in [1.54, 1.807) is 6.07 Å². The third kappa shape index (κ3) is 2.86. The lowest BCUT2D eigenvalue weighted by Crippen LogP contribution is -2.21. The minimum atomic E-state index is -0.0906. The van der Waals surface area contributed by atoms with Crippen molar-refractivity contribution < 1.29 is 0 Å². The predicted molar refractivity (Wildman–Crippen MR) is 80.4 cm³/mol. The molecule has 0 bridgehead atoms. The molecule has 0 amide bonds. The lowest BCUT2D eigenvalue weighted by Gasteiger charge is -2.14. The van der Waals surface area contributed by atoms with Gasteiger partial charge in [-0.3, -0.25) is 14.8 Å². The van der Waals surface area contributed by atoms with Crippen molar-refractivity contribution in [1.29, 1.82) is 0 Å². The van der Waals surface area contributed by atoms with Crippen molar-refractivity contribution in [3.05, 3.63) is 44.4 Å². The van der Waals surface area contributed by atoms with E-state index in [4.69, 9.17) is 0 Å².